The zero-order valence-electron chi connectivity index (χ0n) is 21.9. The van der Waals surface area contributed by atoms with Crippen molar-refractivity contribution in [2.24, 2.45) is 0 Å². The van der Waals surface area contributed by atoms with E-state index in [4.69, 9.17) is 9.47 Å². The van der Waals surface area contributed by atoms with E-state index in [1.807, 2.05) is 6.07 Å². The maximum Gasteiger partial charge on any atom is 0.259 e. The van der Waals surface area contributed by atoms with Gasteiger partial charge in [0.2, 0.25) is 0 Å². The van der Waals surface area contributed by atoms with Gasteiger partial charge in [-0.1, -0.05) is 21.1 Å². The van der Waals surface area contributed by atoms with Gasteiger partial charge in [0.1, 0.15) is 30.0 Å². The molecule has 3 N–H and O–H groups in total. The average Bonchev–Trinajstić information content (AvgIpc) is 3.46. The van der Waals surface area contributed by atoms with Crippen molar-refractivity contribution in [2.75, 3.05) is 18.6 Å². The molecule has 15 heteroatoms. The minimum Gasteiger partial charge on any atom is -0.394 e. The molecule has 0 unspecified atom stereocenters. The molecule has 0 spiro atoms. The zero-order valence-corrected chi connectivity index (χ0v) is 23.5. The van der Waals surface area contributed by atoms with Crippen LogP contribution in [0.1, 0.15) is 24.4 Å². The summed E-state index contributed by atoms with van der Waals surface area (Å²) in [4.78, 5) is 15.5. The van der Waals surface area contributed by atoms with Crippen molar-refractivity contribution >= 4 is 27.5 Å². The van der Waals surface area contributed by atoms with Crippen molar-refractivity contribution in [1.82, 2.24) is 15.0 Å². The van der Waals surface area contributed by atoms with Crippen LogP contribution in [0.2, 0.25) is 0 Å². The fourth-order valence-corrected chi connectivity index (χ4v) is 5.76. The van der Waals surface area contributed by atoms with Crippen LogP contribution in [0.4, 0.5) is 18.9 Å². The fraction of sp³-hybridized carbons (Fsp3) is 0.407. The molecule has 1 aliphatic carbocycles. The lowest BCUT2D eigenvalue weighted by Gasteiger charge is -2.47. The number of anilines is 1. The lowest BCUT2D eigenvalue weighted by molar-refractivity contribution is -0.211. The number of carbonyl (C=O) groups excluding carboxylic acids is 1. The minimum absolute atomic E-state index is 0.0674. The number of carbonyl (C=O) groups is 1. The van der Waals surface area contributed by atoms with E-state index in [9.17, 15) is 38.5 Å². The number of ether oxygens (including phenoxy) is 2. The Hall–Kier alpha value is -3.39. The van der Waals surface area contributed by atoms with Crippen LogP contribution >= 0.6 is 15.9 Å². The standard InChI is InChI=1S/C27H25BrF3N5O6/c1-41-25-23(35-10-18(33-34-35)13-6-16(29)22(31)17(30)7-13)24(39)21(11-37)42-26(25)27(40)36(19-2-3-20(19)38)15-5-12(9-32)4-14(28)8-15/h4-8,10,19-21,23-26,37-39H,2-3,11H2,1H3/t19-,20-,21+,23-,24-,25+,26+/m0/s1. The van der Waals surface area contributed by atoms with E-state index in [2.05, 4.69) is 26.2 Å². The lowest BCUT2D eigenvalue weighted by atomic mass is 9.85. The predicted octanol–water partition coefficient (Wildman–Crippen LogP) is 2.23. The summed E-state index contributed by atoms with van der Waals surface area (Å²) in [5, 5.41) is 49.0. The Morgan fingerprint density at radius 2 is 1.93 bits per heavy atom. The summed E-state index contributed by atoms with van der Waals surface area (Å²) < 4.78 is 54.4. The fourth-order valence-electron chi connectivity index (χ4n) is 5.28. The van der Waals surface area contributed by atoms with E-state index in [0.717, 1.165) is 16.8 Å². The van der Waals surface area contributed by atoms with Crippen molar-refractivity contribution < 1.29 is 42.8 Å². The molecular formula is C27H25BrF3N5O6. The SMILES string of the molecule is CO[C@@H]1[C@@H](n2cc(-c3cc(F)c(F)c(F)c3)nn2)[C@@H](O)[C@@H](CO)O[C@H]1C(=O)N(c1cc(Br)cc(C#N)c1)[C@H]1CC[C@@H]1O. The van der Waals surface area contributed by atoms with Crippen LogP contribution in [0, 0.1) is 28.8 Å². The van der Waals surface area contributed by atoms with E-state index >= 15 is 0 Å². The first-order chi connectivity index (χ1) is 20.1. The number of amides is 1. The highest BCUT2D eigenvalue weighted by Gasteiger charge is 2.52. The Balaban J connectivity index is 1.54. The second-order valence-corrected chi connectivity index (χ2v) is 10.9. The van der Waals surface area contributed by atoms with Gasteiger partial charge in [-0.3, -0.25) is 4.79 Å². The number of aliphatic hydroxyl groups excluding tert-OH is 3. The molecule has 2 aliphatic rings. The van der Waals surface area contributed by atoms with Gasteiger partial charge in [-0.25, -0.2) is 17.9 Å². The Morgan fingerprint density at radius 3 is 2.50 bits per heavy atom. The third kappa shape index (κ3) is 5.41. The highest BCUT2D eigenvalue weighted by Crippen LogP contribution is 2.38. The van der Waals surface area contributed by atoms with Crippen molar-refractivity contribution in [3.05, 3.63) is 64.0 Å². The van der Waals surface area contributed by atoms with E-state index in [1.165, 1.54) is 24.3 Å². The van der Waals surface area contributed by atoms with Crippen molar-refractivity contribution in [3.63, 3.8) is 0 Å². The number of hydrogen-bond donors (Lipinski definition) is 3. The summed E-state index contributed by atoms with van der Waals surface area (Å²) in [6.07, 6.45) is -4.20. The van der Waals surface area contributed by atoms with Gasteiger partial charge in [-0.2, -0.15) is 5.26 Å². The maximum atomic E-state index is 14.2. The molecule has 3 aromatic rings. The number of nitrogens with zero attached hydrogens (tertiary/aromatic N) is 5. The molecular weight excluding hydrogens is 627 g/mol. The van der Waals surface area contributed by atoms with E-state index < -0.39 is 72.6 Å². The lowest BCUT2D eigenvalue weighted by Crippen LogP contribution is -2.64. The first-order valence-electron chi connectivity index (χ1n) is 12.8. The Labute approximate surface area is 245 Å². The number of aliphatic hydroxyl groups is 3. The van der Waals surface area contributed by atoms with Crippen LogP contribution in [-0.2, 0) is 14.3 Å². The summed E-state index contributed by atoms with van der Waals surface area (Å²) in [7, 11) is 1.27. The Bertz CT molecular complexity index is 1510. The smallest absolute Gasteiger partial charge is 0.259 e. The zero-order chi connectivity index (χ0) is 30.3. The highest BCUT2D eigenvalue weighted by molar-refractivity contribution is 9.10. The molecule has 0 radical (unpaired) electrons. The first-order valence-corrected chi connectivity index (χ1v) is 13.6. The molecule has 2 aromatic carbocycles. The average molecular weight is 652 g/mol. The summed E-state index contributed by atoms with van der Waals surface area (Å²) in [5.41, 5.74) is 0.360. The maximum absolute atomic E-state index is 14.2. The normalized spacial score (nSPS) is 27.3. The highest BCUT2D eigenvalue weighted by atomic mass is 79.9. The van der Waals surface area contributed by atoms with Gasteiger partial charge < -0.3 is 29.7 Å². The molecule has 2 heterocycles. The number of rotatable bonds is 7. The molecule has 1 amide bonds. The summed E-state index contributed by atoms with van der Waals surface area (Å²) in [6, 6.07) is 6.30. The van der Waals surface area contributed by atoms with Gasteiger partial charge in [0.25, 0.3) is 5.91 Å². The van der Waals surface area contributed by atoms with E-state index in [0.29, 0.717) is 23.0 Å². The van der Waals surface area contributed by atoms with E-state index in [-0.39, 0.29) is 16.8 Å². The van der Waals surface area contributed by atoms with Crippen LogP contribution in [0.3, 0.4) is 0 Å². The van der Waals surface area contributed by atoms with Crippen LogP contribution in [0.15, 0.2) is 41.0 Å². The van der Waals surface area contributed by atoms with Gasteiger partial charge in [-0.05, 0) is 43.2 Å². The van der Waals surface area contributed by atoms with Crippen molar-refractivity contribution in [1.29, 1.82) is 5.26 Å². The predicted molar refractivity (Wildman–Crippen MR) is 142 cm³/mol. The van der Waals surface area contributed by atoms with Crippen LogP contribution < -0.4 is 4.90 Å². The molecule has 222 valence electrons. The number of halogens is 4. The minimum atomic E-state index is -1.65. The van der Waals surface area contributed by atoms with Gasteiger partial charge in [0.15, 0.2) is 23.6 Å². The number of aromatic nitrogens is 3. The summed E-state index contributed by atoms with van der Waals surface area (Å²) in [5.74, 6) is -5.19. The third-order valence-electron chi connectivity index (χ3n) is 7.54. The molecule has 1 aromatic heterocycles. The molecule has 7 atom stereocenters. The van der Waals surface area contributed by atoms with Crippen LogP contribution in [-0.4, -0.2) is 86.5 Å². The molecule has 5 rings (SSSR count). The number of hydrogen-bond acceptors (Lipinski definition) is 9. The summed E-state index contributed by atoms with van der Waals surface area (Å²) >= 11 is 3.34. The van der Waals surface area contributed by atoms with Crippen LogP contribution in [0.5, 0.6) is 0 Å². The van der Waals surface area contributed by atoms with Gasteiger partial charge in [-0.15, -0.1) is 5.10 Å². The number of methoxy groups -OCH3 is 1. The molecule has 42 heavy (non-hydrogen) atoms. The molecule has 2 fully saturated rings. The Kier molecular flexibility index (Phi) is 8.65. The van der Waals surface area contributed by atoms with Gasteiger partial charge in [0, 0.05) is 22.8 Å². The van der Waals surface area contributed by atoms with E-state index in [1.54, 1.807) is 12.1 Å². The topological polar surface area (TPSA) is 154 Å². The van der Waals surface area contributed by atoms with Crippen molar-refractivity contribution in [3.8, 4) is 17.3 Å². The molecule has 1 aliphatic heterocycles. The van der Waals surface area contributed by atoms with Crippen LogP contribution in [0.25, 0.3) is 11.3 Å². The second-order valence-electron chi connectivity index (χ2n) is 10.0. The summed E-state index contributed by atoms with van der Waals surface area (Å²) in [6.45, 7) is -0.699. The molecule has 1 saturated heterocycles. The number of nitriles is 1. The molecule has 11 nitrogen and oxygen atoms in total. The van der Waals surface area contributed by atoms with Gasteiger partial charge in [0.05, 0.1) is 36.6 Å². The monoisotopic (exact) mass is 651 g/mol. The number of benzene rings is 2. The van der Waals surface area contributed by atoms with Gasteiger partial charge >= 0.3 is 0 Å². The second kappa shape index (κ2) is 12.1. The quantitative estimate of drug-likeness (QED) is 0.326. The third-order valence-corrected chi connectivity index (χ3v) is 8.00. The molecule has 0 bridgehead atoms. The van der Waals surface area contributed by atoms with Crippen molar-refractivity contribution in [2.45, 2.75) is 55.4 Å². The first kappa shape index (κ1) is 30.1. The molecule has 1 saturated carbocycles. The Morgan fingerprint density at radius 1 is 1.21 bits per heavy atom. The largest absolute Gasteiger partial charge is 0.394 e.